The third-order valence-corrected chi connectivity index (χ3v) is 7.30. The van der Waals surface area contributed by atoms with E-state index in [-0.39, 0.29) is 18.1 Å². The molecule has 1 aliphatic heterocycles. The first-order valence-electron chi connectivity index (χ1n) is 12.7. The summed E-state index contributed by atoms with van der Waals surface area (Å²) in [5, 5.41) is 8.24. The van der Waals surface area contributed by atoms with E-state index in [2.05, 4.69) is 45.7 Å². The predicted octanol–water partition coefficient (Wildman–Crippen LogP) is 6.30. The Balaban J connectivity index is 1.15. The molecule has 3 aromatic carbocycles. The molecule has 186 valence electrons. The Morgan fingerprint density at radius 1 is 1.06 bits per heavy atom. The van der Waals surface area contributed by atoms with Crippen LogP contribution in [0.3, 0.4) is 0 Å². The zero-order chi connectivity index (χ0) is 24.9. The van der Waals surface area contributed by atoms with Gasteiger partial charge in [0.2, 0.25) is 5.91 Å². The molecule has 1 aromatic heterocycles. The van der Waals surface area contributed by atoms with Crippen molar-refractivity contribution in [3.63, 3.8) is 0 Å². The van der Waals surface area contributed by atoms with Crippen molar-refractivity contribution in [2.75, 3.05) is 18.4 Å². The van der Waals surface area contributed by atoms with Gasteiger partial charge in [0.25, 0.3) is 0 Å². The van der Waals surface area contributed by atoms with Crippen LogP contribution in [0, 0.1) is 18.7 Å². The Labute approximate surface area is 211 Å². The van der Waals surface area contributed by atoms with Gasteiger partial charge in [0, 0.05) is 17.6 Å². The number of nitrogens with one attached hydrogen (secondary N) is 1. The summed E-state index contributed by atoms with van der Waals surface area (Å²) in [6, 6.07) is 20.5. The van der Waals surface area contributed by atoms with E-state index in [1.807, 2.05) is 19.1 Å². The molecule has 0 bridgehead atoms. The number of halogens is 1. The first-order chi connectivity index (χ1) is 17.5. The molecule has 0 spiro atoms. The number of piperidine rings is 1. The van der Waals surface area contributed by atoms with Gasteiger partial charge in [-0.05, 0) is 98.6 Å². The van der Waals surface area contributed by atoms with Gasteiger partial charge in [-0.3, -0.25) is 9.69 Å². The number of carbonyl (C=O) groups is 1. The van der Waals surface area contributed by atoms with Crippen LogP contribution in [-0.4, -0.2) is 29.1 Å². The number of aromatic nitrogens is 1. The van der Waals surface area contributed by atoms with Gasteiger partial charge >= 0.3 is 0 Å². The van der Waals surface area contributed by atoms with Crippen molar-refractivity contribution in [1.29, 1.82) is 0 Å². The molecule has 0 saturated carbocycles. The zero-order valence-electron chi connectivity index (χ0n) is 20.7. The van der Waals surface area contributed by atoms with E-state index in [0.29, 0.717) is 11.6 Å². The maximum atomic E-state index is 13.1. The van der Waals surface area contributed by atoms with E-state index in [0.717, 1.165) is 60.3 Å². The Morgan fingerprint density at radius 3 is 2.56 bits per heavy atom. The third kappa shape index (κ3) is 5.82. The van der Waals surface area contributed by atoms with Gasteiger partial charge in [-0.2, -0.15) is 0 Å². The van der Waals surface area contributed by atoms with Crippen LogP contribution in [-0.2, 0) is 24.2 Å². The lowest BCUT2D eigenvalue weighted by Gasteiger charge is -2.31. The van der Waals surface area contributed by atoms with E-state index in [4.69, 9.17) is 4.52 Å². The number of amides is 1. The molecule has 0 radical (unpaired) electrons. The van der Waals surface area contributed by atoms with Crippen LogP contribution in [0.15, 0.2) is 71.3 Å². The first kappa shape index (κ1) is 24.2. The average molecular weight is 486 g/mol. The number of fused-ring (bicyclic) bond motifs is 1. The molecule has 1 saturated heterocycles. The van der Waals surface area contributed by atoms with Crippen molar-refractivity contribution < 1.29 is 13.7 Å². The highest BCUT2D eigenvalue weighted by Crippen LogP contribution is 2.29. The Morgan fingerprint density at radius 2 is 1.81 bits per heavy atom. The number of hydrogen-bond donors (Lipinski definition) is 1. The summed E-state index contributed by atoms with van der Waals surface area (Å²) >= 11 is 0. The number of nitrogens with zero attached hydrogens (tertiary/aromatic N) is 2. The van der Waals surface area contributed by atoms with Crippen LogP contribution >= 0.6 is 0 Å². The van der Waals surface area contributed by atoms with Gasteiger partial charge in [-0.15, -0.1) is 0 Å². The van der Waals surface area contributed by atoms with E-state index >= 15 is 0 Å². The maximum absolute atomic E-state index is 13.1. The molecule has 0 unspecified atom stereocenters. The normalized spacial score (nSPS) is 14.8. The molecule has 1 aliphatic rings. The molecular weight excluding hydrogens is 453 g/mol. The van der Waals surface area contributed by atoms with Gasteiger partial charge in [0.1, 0.15) is 5.82 Å². The standard InChI is InChI=1S/C30H32FN3O2/c1-21-24(19-29(35)32-26-11-9-25(31)10-12-26)8-13-27-28(33-36-30(21)27)14-7-22-15-17-34(18-16-22)20-23-5-3-2-4-6-23/h2-6,8-13,22H,7,14-20H2,1H3,(H,32,35). The van der Waals surface area contributed by atoms with Crippen LogP contribution in [0.25, 0.3) is 11.0 Å². The second-order valence-corrected chi connectivity index (χ2v) is 9.83. The highest BCUT2D eigenvalue weighted by atomic mass is 19.1. The van der Waals surface area contributed by atoms with Gasteiger partial charge in [-0.1, -0.05) is 41.6 Å². The molecule has 2 heterocycles. The molecular formula is C30H32FN3O2. The SMILES string of the molecule is Cc1c(CC(=O)Nc2ccc(F)cc2)ccc2c(CCC3CCN(Cc4ccccc4)CC3)noc12. The lowest BCUT2D eigenvalue weighted by Crippen LogP contribution is -2.33. The highest BCUT2D eigenvalue weighted by molar-refractivity contribution is 5.93. The number of benzene rings is 3. The number of likely N-dealkylation sites (tertiary alicyclic amines) is 1. The summed E-state index contributed by atoms with van der Waals surface area (Å²) in [6.07, 6.45) is 4.67. The van der Waals surface area contributed by atoms with E-state index in [1.165, 1.54) is 30.5 Å². The summed E-state index contributed by atoms with van der Waals surface area (Å²) in [4.78, 5) is 15.1. The molecule has 1 amide bonds. The van der Waals surface area contributed by atoms with Crippen molar-refractivity contribution in [3.05, 3.63) is 94.9 Å². The fourth-order valence-electron chi connectivity index (χ4n) is 5.13. The minimum absolute atomic E-state index is 0.151. The highest BCUT2D eigenvalue weighted by Gasteiger charge is 2.21. The predicted molar refractivity (Wildman–Crippen MR) is 140 cm³/mol. The number of hydrogen-bond acceptors (Lipinski definition) is 4. The molecule has 4 aromatic rings. The summed E-state index contributed by atoms with van der Waals surface area (Å²) in [7, 11) is 0. The Bertz CT molecular complexity index is 1310. The average Bonchev–Trinajstić information content (AvgIpc) is 3.31. The summed E-state index contributed by atoms with van der Waals surface area (Å²) in [5.41, 5.74) is 5.56. The molecule has 0 aliphatic carbocycles. The fourth-order valence-corrected chi connectivity index (χ4v) is 5.13. The lowest BCUT2D eigenvalue weighted by atomic mass is 9.90. The van der Waals surface area contributed by atoms with Crippen molar-refractivity contribution in [3.8, 4) is 0 Å². The van der Waals surface area contributed by atoms with E-state index in [1.54, 1.807) is 12.1 Å². The van der Waals surface area contributed by atoms with Crippen molar-refractivity contribution in [1.82, 2.24) is 10.1 Å². The van der Waals surface area contributed by atoms with Crippen LogP contribution < -0.4 is 5.32 Å². The summed E-state index contributed by atoms with van der Waals surface area (Å²) < 4.78 is 18.8. The monoisotopic (exact) mass is 485 g/mol. The van der Waals surface area contributed by atoms with Crippen molar-refractivity contribution >= 4 is 22.6 Å². The number of anilines is 1. The van der Waals surface area contributed by atoms with Gasteiger partial charge in [-0.25, -0.2) is 4.39 Å². The maximum Gasteiger partial charge on any atom is 0.228 e. The molecule has 36 heavy (non-hydrogen) atoms. The molecule has 5 rings (SSSR count). The Kier molecular flexibility index (Phi) is 7.42. The molecule has 1 fully saturated rings. The minimum Gasteiger partial charge on any atom is -0.356 e. The molecule has 0 atom stereocenters. The van der Waals surface area contributed by atoms with Crippen molar-refractivity contribution in [2.24, 2.45) is 5.92 Å². The number of rotatable bonds is 8. The van der Waals surface area contributed by atoms with E-state index in [9.17, 15) is 9.18 Å². The van der Waals surface area contributed by atoms with Gasteiger partial charge in [0.15, 0.2) is 5.58 Å². The quantitative estimate of drug-likeness (QED) is 0.318. The van der Waals surface area contributed by atoms with Gasteiger partial charge in [0.05, 0.1) is 12.1 Å². The second-order valence-electron chi connectivity index (χ2n) is 9.83. The van der Waals surface area contributed by atoms with E-state index < -0.39 is 0 Å². The lowest BCUT2D eigenvalue weighted by molar-refractivity contribution is -0.115. The summed E-state index contributed by atoms with van der Waals surface area (Å²) in [6.45, 7) is 5.29. The number of aryl methyl sites for hydroxylation is 2. The summed E-state index contributed by atoms with van der Waals surface area (Å²) in [5.74, 6) is 0.227. The van der Waals surface area contributed by atoms with Crippen LogP contribution in [0.1, 0.15) is 41.6 Å². The van der Waals surface area contributed by atoms with Gasteiger partial charge < -0.3 is 9.84 Å². The largest absolute Gasteiger partial charge is 0.356 e. The zero-order valence-corrected chi connectivity index (χ0v) is 20.7. The first-order valence-corrected chi connectivity index (χ1v) is 12.7. The molecule has 5 nitrogen and oxygen atoms in total. The van der Waals surface area contributed by atoms with Crippen LogP contribution in [0.2, 0.25) is 0 Å². The van der Waals surface area contributed by atoms with Crippen LogP contribution in [0.5, 0.6) is 0 Å². The smallest absolute Gasteiger partial charge is 0.228 e. The van der Waals surface area contributed by atoms with Crippen LogP contribution in [0.4, 0.5) is 10.1 Å². The topological polar surface area (TPSA) is 58.4 Å². The third-order valence-electron chi connectivity index (χ3n) is 7.30. The second kappa shape index (κ2) is 11.0. The molecule has 6 heteroatoms. The Hall–Kier alpha value is -3.51. The molecule has 1 N–H and O–H groups in total. The fraction of sp³-hybridized carbons (Fsp3) is 0.333. The minimum atomic E-state index is -0.330. The van der Waals surface area contributed by atoms with Crippen molar-refractivity contribution in [2.45, 2.75) is 45.6 Å². The number of carbonyl (C=O) groups excluding carboxylic acids is 1.